The summed E-state index contributed by atoms with van der Waals surface area (Å²) in [6.45, 7) is 3.85. The average molecular weight is 412 g/mol. The largest absolute Gasteiger partial charge is 0.376 e. The first-order valence-corrected chi connectivity index (χ1v) is 10.7. The van der Waals surface area contributed by atoms with Crippen LogP contribution >= 0.6 is 0 Å². The molecule has 4 rings (SSSR count). The van der Waals surface area contributed by atoms with Gasteiger partial charge in [-0.1, -0.05) is 30.3 Å². The van der Waals surface area contributed by atoms with E-state index in [0.29, 0.717) is 45.1 Å². The van der Waals surface area contributed by atoms with Gasteiger partial charge in [-0.25, -0.2) is 9.97 Å². The molecule has 1 atom stereocenters. The number of nitrogens with zero attached hydrogens (tertiary/aromatic N) is 3. The van der Waals surface area contributed by atoms with Crippen LogP contribution in [0, 0.1) is 0 Å². The van der Waals surface area contributed by atoms with Crippen LogP contribution in [-0.4, -0.2) is 65.4 Å². The lowest BCUT2D eigenvalue weighted by Crippen LogP contribution is -2.52. The maximum atomic E-state index is 12.6. The smallest absolute Gasteiger partial charge is 0.256 e. The van der Waals surface area contributed by atoms with E-state index in [1.54, 1.807) is 12.4 Å². The molecule has 30 heavy (non-hydrogen) atoms. The van der Waals surface area contributed by atoms with Crippen molar-refractivity contribution < 1.29 is 19.0 Å². The summed E-state index contributed by atoms with van der Waals surface area (Å²) in [5.74, 6) is -0.00961. The summed E-state index contributed by atoms with van der Waals surface area (Å²) in [4.78, 5) is 22.4. The summed E-state index contributed by atoms with van der Waals surface area (Å²) in [6.07, 6.45) is 8.20. The molecule has 1 unspecified atom stereocenters. The third-order valence-corrected chi connectivity index (χ3v) is 5.91. The summed E-state index contributed by atoms with van der Waals surface area (Å²) in [7, 11) is 0. The van der Waals surface area contributed by atoms with Crippen LogP contribution in [0.3, 0.4) is 0 Å². The lowest BCUT2D eigenvalue weighted by Gasteiger charge is -2.46. The summed E-state index contributed by atoms with van der Waals surface area (Å²) in [5.41, 5.74) is 1.53. The van der Waals surface area contributed by atoms with Crippen molar-refractivity contribution in [2.24, 2.45) is 0 Å². The Balaban J connectivity index is 1.19. The van der Waals surface area contributed by atoms with E-state index in [-0.39, 0.29) is 17.6 Å². The van der Waals surface area contributed by atoms with Gasteiger partial charge in [-0.05, 0) is 24.8 Å². The van der Waals surface area contributed by atoms with Gasteiger partial charge in [0, 0.05) is 38.5 Å². The van der Waals surface area contributed by atoms with E-state index in [1.807, 2.05) is 23.1 Å². The zero-order valence-corrected chi connectivity index (χ0v) is 17.2. The SMILES string of the molecule is O=C(c1cncnc1)N1CCC2(CC1)CC(OCCOCc1ccccc1)CCO2. The Morgan fingerprint density at radius 2 is 1.90 bits per heavy atom. The summed E-state index contributed by atoms with van der Waals surface area (Å²) < 4.78 is 18.0. The molecule has 0 N–H and O–H groups in total. The second kappa shape index (κ2) is 10.1. The number of aromatic nitrogens is 2. The van der Waals surface area contributed by atoms with Gasteiger partial charge in [0.2, 0.25) is 0 Å². The molecule has 1 aromatic heterocycles. The highest BCUT2D eigenvalue weighted by atomic mass is 16.5. The zero-order valence-electron chi connectivity index (χ0n) is 17.2. The number of benzene rings is 1. The Morgan fingerprint density at radius 3 is 2.67 bits per heavy atom. The van der Waals surface area contributed by atoms with Crippen molar-refractivity contribution in [1.82, 2.24) is 14.9 Å². The predicted molar refractivity (Wildman–Crippen MR) is 111 cm³/mol. The molecule has 2 fully saturated rings. The van der Waals surface area contributed by atoms with Gasteiger partial charge < -0.3 is 19.1 Å². The first-order chi connectivity index (χ1) is 14.7. The zero-order chi connectivity index (χ0) is 20.7. The molecule has 160 valence electrons. The van der Waals surface area contributed by atoms with E-state index in [2.05, 4.69) is 22.1 Å². The van der Waals surface area contributed by atoms with Crippen LogP contribution in [0.5, 0.6) is 0 Å². The van der Waals surface area contributed by atoms with Gasteiger partial charge in [-0.3, -0.25) is 4.79 Å². The molecule has 1 aromatic carbocycles. The topological polar surface area (TPSA) is 73.8 Å². The van der Waals surface area contributed by atoms with Gasteiger partial charge >= 0.3 is 0 Å². The van der Waals surface area contributed by atoms with Crippen molar-refractivity contribution in [2.75, 3.05) is 32.9 Å². The van der Waals surface area contributed by atoms with Crippen LogP contribution < -0.4 is 0 Å². The van der Waals surface area contributed by atoms with Gasteiger partial charge in [-0.2, -0.15) is 0 Å². The molecule has 2 saturated heterocycles. The van der Waals surface area contributed by atoms with Crippen LogP contribution in [0.1, 0.15) is 41.6 Å². The number of hydrogen-bond donors (Lipinski definition) is 0. The van der Waals surface area contributed by atoms with Crippen LogP contribution in [-0.2, 0) is 20.8 Å². The Labute approximate surface area is 177 Å². The summed E-state index contributed by atoms with van der Waals surface area (Å²) in [5, 5.41) is 0. The minimum atomic E-state index is -0.183. The highest BCUT2D eigenvalue weighted by molar-refractivity contribution is 5.93. The maximum Gasteiger partial charge on any atom is 0.256 e. The standard InChI is InChI=1S/C23H29N3O4/c27-22(20-15-24-18-25-16-20)26-9-7-23(8-10-26)14-21(6-11-30-23)29-13-12-28-17-19-4-2-1-3-5-19/h1-5,15-16,18,21H,6-14,17H2. The fourth-order valence-electron chi connectivity index (χ4n) is 4.22. The number of piperidine rings is 1. The molecule has 3 heterocycles. The second-order valence-electron chi connectivity index (χ2n) is 7.97. The predicted octanol–water partition coefficient (Wildman–Crippen LogP) is 2.86. The molecule has 2 aromatic rings. The first-order valence-electron chi connectivity index (χ1n) is 10.7. The van der Waals surface area contributed by atoms with Crippen molar-refractivity contribution in [3.8, 4) is 0 Å². The fourth-order valence-corrected chi connectivity index (χ4v) is 4.22. The second-order valence-corrected chi connectivity index (χ2v) is 7.97. The molecule has 0 bridgehead atoms. The highest BCUT2D eigenvalue weighted by Gasteiger charge is 2.41. The molecule has 0 radical (unpaired) electrons. The lowest BCUT2D eigenvalue weighted by atomic mass is 9.83. The summed E-state index contributed by atoms with van der Waals surface area (Å²) >= 11 is 0. The molecule has 0 aliphatic carbocycles. The van der Waals surface area contributed by atoms with Crippen molar-refractivity contribution in [1.29, 1.82) is 0 Å². The number of carbonyl (C=O) groups is 1. The van der Waals surface area contributed by atoms with Crippen molar-refractivity contribution in [2.45, 2.75) is 44.0 Å². The Bertz CT molecular complexity index is 795. The summed E-state index contributed by atoms with van der Waals surface area (Å²) in [6, 6.07) is 10.2. The maximum absolute atomic E-state index is 12.6. The van der Waals surface area contributed by atoms with Gasteiger partial charge in [0.15, 0.2) is 0 Å². The number of likely N-dealkylation sites (tertiary alicyclic amines) is 1. The lowest BCUT2D eigenvalue weighted by molar-refractivity contribution is -0.155. The van der Waals surface area contributed by atoms with Gasteiger partial charge in [-0.15, -0.1) is 0 Å². The molecule has 2 aliphatic rings. The monoisotopic (exact) mass is 411 g/mol. The van der Waals surface area contributed by atoms with Crippen LogP contribution in [0.15, 0.2) is 49.1 Å². The molecule has 2 aliphatic heterocycles. The average Bonchev–Trinajstić information content (AvgIpc) is 2.80. The number of hydrogen-bond acceptors (Lipinski definition) is 6. The van der Waals surface area contributed by atoms with Crippen LogP contribution in [0.2, 0.25) is 0 Å². The van der Waals surface area contributed by atoms with Crippen molar-refractivity contribution in [3.05, 3.63) is 60.2 Å². The Kier molecular flexibility index (Phi) is 7.04. The highest BCUT2D eigenvalue weighted by Crippen LogP contribution is 2.36. The fraction of sp³-hybridized carbons (Fsp3) is 0.522. The Hall–Kier alpha value is -2.35. The molecule has 1 spiro atoms. The minimum Gasteiger partial charge on any atom is -0.376 e. The number of rotatable bonds is 7. The third kappa shape index (κ3) is 5.41. The molecular formula is C23H29N3O4. The quantitative estimate of drug-likeness (QED) is 0.653. The van der Waals surface area contributed by atoms with E-state index in [1.165, 1.54) is 11.9 Å². The van der Waals surface area contributed by atoms with Gasteiger partial charge in [0.05, 0.1) is 37.1 Å². The molecule has 7 heteroatoms. The van der Waals surface area contributed by atoms with Crippen LogP contribution in [0.25, 0.3) is 0 Å². The molecule has 7 nitrogen and oxygen atoms in total. The third-order valence-electron chi connectivity index (χ3n) is 5.91. The van der Waals surface area contributed by atoms with E-state index < -0.39 is 0 Å². The van der Waals surface area contributed by atoms with E-state index in [0.717, 1.165) is 25.7 Å². The van der Waals surface area contributed by atoms with E-state index in [4.69, 9.17) is 14.2 Å². The van der Waals surface area contributed by atoms with E-state index in [9.17, 15) is 4.79 Å². The normalized spacial score (nSPS) is 20.9. The number of carbonyl (C=O) groups excluding carboxylic acids is 1. The number of amides is 1. The van der Waals surface area contributed by atoms with E-state index >= 15 is 0 Å². The van der Waals surface area contributed by atoms with Crippen molar-refractivity contribution >= 4 is 5.91 Å². The number of ether oxygens (including phenoxy) is 3. The molecule has 1 amide bonds. The minimum absolute atomic E-state index is 0.00961. The first kappa shape index (κ1) is 20.9. The molecule has 0 saturated carbocycles. The van der Waals surface area contributed by atoms with Gasteiger partial charge in [0.25, 0.3) is 5.91 Å². The van der Waals surface area contributed by atoms with Crippen molar-refractivity contribution in [3.63, 3.8) is 0 Å². The molecular weight excluding hydrogens is 382 g/mol. The van der Waals surface area contributed by atoms with Crippen LogP contribution in [0.4, 0.5) is 0 Å². The van der Waals surface area contributed by atoms with Gasteiger partial charge in [0.1, 0.15) is 6.33 Å². The Morgan fingerprint density at radius 1 is 1.13 bits per heavy atom.